The molecule has 6 nitrogen and oxygen atoms in total. The number of carbonyl (C=O) groups excluding carboxylic acids is 6. The zero-order valence-corrected chi connectivity index (χ0v) is 13.1. The molecule has 0 heterocycles. The molecule has 0 fully saturated rings. The molecule has 0 atom stereocenters. The third-order valence-corrected chi connectivity index (χ3v) is 3.43. The topological polar surface area (TPSA) is 102 Å². The maximum Gasteiger partial charge on any atom is 0.151 e. The van der Waals surface area contributed by atoms with Gasteiger partial charge in [0.05, 0.1) is 0 Å². The van der Waals surface area contributed by atoms with Crippen molar-refractivity contribution in [2.45, 2.75) is 0 Å². The molecule has 2 aromatic rings. The Morgan fingerprint density at radius 2 is 1.00 bits per heavy atom. The van der Waals surface area contributed by atoms with E-state index in [0.29, 0.717) is 31.4 Å². The van der Waals surface area contributed by atoms with Crippen LogP contribution in [-0.4, -0.2) is 37.7 Å². The van der Waals surface area contributed by atoms with E-state index in [0.717, 1.165) is 0 Å². The fourth-order valence-corrected chi connectivity index (χ4v) is 2.45. The number of hydrogen-bond donors (Lipinski definition) is 0. The van der Waals surface area contributed by atoms with Crippen LogP contribution in [0.15, 0.2) is 12.1 Å². The van der Waals surface area contributed by atoms with E-state index in [1.165, 1.54) is 12.1 Å². The van der Waals surface area contributed by atoms with Gasteiger partial charge in [0.2, 0.25) is 0 Å². The molecule has 0 radical (unpaired) electrons. The molecule has 0 saturated carbocycles. The van der Waals surface area contributed by atoms with E-state index in [1.807, 2.05) is 0 Å². The van der Waals surface area contributed by atoms with Crippen molar-refractivity contribution >= 4 is 48.5 Å². The van der Waals surface area contributed by atoms with E-state index in [2.05, 4.69) is 0 Å². The molecule has 112 valence electrons. The van der Waals surface area contributed by atoms with Crippen molar-refractivity contribution in [2.24, 2.45) is 0 Å². The molecule has 0 spiro atoms. The molecule has 0 aliphatic carbocycles. The van der Waals surface area contributed by atoms with Gasteiger partial charge in [-0.15, -0.1) is 0 Å². The summed E-state index contributed by atoms with van der Waals surface area (Å²) in [5.41, 5.74) is -0.931. The molecule has 0 aliphatic heterocycles. The van der Waals surface area contributed by atoms with E-state index in [9.17, 15) is 28.8 Å². The molecule has 0 aromatic heterocycles. The van der Waals surface area contributed by atoms with Gasteiger partial charge in [0.25, 0.3) is 0 Å². The number of aldehydes is 6. The van der Waals surface area contributed by atoms with Gasteiger partial charge in [0.1, 0.15) is 0 Å². The summed E-state index contributed by atoms with van der Waals surface area (Å²) in [5, 5.41) is 0.155. The maximum absolute atomic E-state index is 11.4. The summed E-state index contributed by atoms with van der Waals surface area (Å²) in [7, 11) is 0. The predicted octanol–water partition coefficient (Wildman–Crippen LogP) is 1.71. The molecule has 0 bridgehead atoms. The van der Waals surface area contributed by atoms with Crippen LogP contribution < -0.4 is 0 Å². The molecule has 0 aliphatic rings. The summed E-state index contributed by atoms with van der Waals surface area (Å²) >= 11 is 0. The first-order chi connectivity index (χ1) is 10.7. The Bertz CT molecular complexity index is 848. The van der Waals surface area contributed by atoms with Gasteiger partial charge in [-0.1, -0.05) is 12.1 Å². The van der Waals surface area contributed by atoms with E-state index in [4.69, 9.17) is 0 Å². The smallest absolute Gasteiger partial charge is 0.151 e. The molecular weight excluding hydrogens is 336 g/mol. The van der Waals surface area contributed by atoms with Crippen molar-refractivity contribution in [3.8, 4) is 0 Å². The molecule has 0 saturated heterocycles. The van der Waals surface area contributed by atoms with Crippen LogP contribution in [0.3, 0.4) is 0 Å². The van der Waals surface area contributed by atoms with Crippen molar-refractivity contribution in [1.82, 2.24) is 0 Å². The second-order valence-electron chi connectivity index (χ2n) is 4.35. The molecular formula is C16H8O6Ti. The molecule has 0 amide bonds. The van der Waals surface area contributed by atoms with Crippen LogP contribution in [0.5, 0.6) is 0 Å². The zero-order valence-electron chi connectivity index (χ0n) is 11.6. The molecule has 0 unspecified atom stereocenters. The van der Waals surface area contributed by atoms with Crippen LogP contribution in [0, 0.1) is 0 Å². The van der Waals surface area contributed by atoms with Gasteiger partial charge in [-0.2, -0.15) is 0 Å². The molecule has 23 heavy (non-hydrogen) atoms. The van der Waals surface area contributed by atoms with Crippen LogP contribution in [0.1, 0.15) is 62.1 Å². The van der Waals surface area contributed by atoms with Gasteiger partial charge in [-0.05, 0) is 5.39 Å². The van der Waals surface area contributed by atoms with Gasteiger partial charge in [0, 0.05) is 60.5 Å². The number of benzene rings is 2. The first-order valence-electron chi connectivity index (χ1n) is 6.06. The number of fused-ring (bicyclic) bond motifs is 1. The molecule has 7 heteroatoms. The summed E-state index contributed by atoms with van der Waals surface area (Å²) in [6.07, 6.45) is 2.03. The molecule has 2 rings (SSSR count). The second-order valence-corrected chi connectivity index (χ2v) is 4.35. The standard InChI is InChI=1S/C16H8O6.Ti/c17-3-9-1-2-10-12(5-19)13(6-20)14(7-21)15(8-22)16(10)11(9)4-18;/h1-8H;. The average molecular weight is 344 g/mol. The van der Waals surface area contributed by atoms with Crippen LogP contribution in [0.4, 0.5) is 0 Å². The second kappa shape index (κ2) is 7.62. The fourth-order valence-electron chi connectivity index (χ4n) is 2.45. The summed E-state index contributed by atoms with van der Waals surface area (Å²) in [6, 6.07) is 2.65. The van der Waals surface area contributed by atoms with Crippen LogP contribution in [0.25, 0.3) is 10.8 Å². The van der Waals surface area contributed by atoms with E-state index in [1.54, 1.807) is 0 Å². The summed E-state index contributed by atoms with van der Waals surface area (Å²) in [5.74, 6) is 0. The Hall–Kier alpha value is -2.57. The van der Waals surface area contributed by atoms with Crippen molar-refractivity contribution in [2.75, 3.05) is 0 Å². The zero-order chi connectivity index (χ0) is 16.3. The monoisotopic (exact) mass is 344 g/mol. The van der Waals surface area contributed by atoms with Crippen LogP contribution in [-0.2, 0) is 21.7 Å². The molecule has 2 aromatic carbocycles. The maximum atomic E-state index is 11.4. The van der Waals surface area contributed by atoms with Crippen molar-refractivity contribution in [3.05, 3.63) is 45.5 Å². The van der Waals surface area contributed by atoms with Crippen LogP contribution in [0.2, 0.25) is 0 Å². The predicted molar refractivity (Wildman–Crippen MR) is 76.3 cm³/mol. The third-order valence-electron chi connectivity index (χ3n) is 3.43. The van der Waals surface area contributed by atoms with Crippen molar-refractivity contribution in [3.63, 3.8) is 0 Å². The summed E-state index contributed by atoms with van der Waals surface area (Å²) in [6.45, 7) is 0. The fraction of sp³-hybridized carbons (Fsp3) is 0. The Balaban J connectivity index is 0.00000264. The van der Waals surface area contributed by atoms with E-state index < -0.39 is 0 Å². The minimum absolute atomic E-state index is 0. The number of hydrogen-bond acceptors (Lipinski definition) is 6. The van der Waals surface area contributed by atoms with Crippen molar-refractivity contribution < 1.29 is 50.5 Å². The normalized spacial score (nSPS) is 9.57. The van der Waals surface area contributed by atoms with Crippen molar-refractivity contribution in [1.29, 1.82) is 0 Å². The Labute approximate surface area is 144 Å². The number of carbonyl (C=O) groups is 6. The minimum Gasteiger partial charge on any atom is -0.298 e. The minimum atomic E-state index is -0.286. The Morgan fingerprint density at radius 3 is 1.43 bits per heavy atom. The van der Waals surface area contributed by atoms with Gasteiger partial charge in [-0.3, -0.25) is 28.8 Å². The Kier molecular flexibility index (Phi) is 6.13. The first kappa shape index (κ1) is 18.5. The van der Waals surface area contributed by atoms with Gasteiger partial charge >= 0.3 is 0 Å². The van der Waals surface area contributed by atoms with Gasteiger partial charge in [-0.25, -0.2) is 0 Å². The van der Waals surface area contributed by atoms with E-state index >= 15 is 0 Å². The SMILES string of the molecule is O=Cc1ccc2c(C=O)c(C=O)c(C=O)c(C=O)c2c1C=O.[Ti]. The third kappa shape index (κ3) is 2.74. The summed E-state index contributed by atoms with van der Waals surface area (Å²) in [4.78, 5) is 67.4. The largest absolute Gasteiger partial charge is 0.298 e. The quantitative estimate of drug-likeness (QED) is 0.584. The Morgan fingerprint density at radius 1 is 0.522 bits per heavy atom. The summed E-state index contributed by atoms with van der Waals surface area (Å²) < 4.78 is 0. The number of rotatable bonds is 6. The first-order valence-corrected chi connectivity index (χ1v) is 6.06. The van der Waals surface area contributed by atoms with E-state index in [-0.39, 0.29) is 72.2 Å². The van der Waals surface area contributed by atoms with Gasteiger partial charge < -0.3 is 0 Å². The average Bonchev–Trinajstić information content (AvgIpc) is 2.57. The van der Waals surface area contributed by atoms with Crippen LogP contribution >= 0.6 is 0 Å². The van der Waals surface area contributed by atoms with Gasteiger partial charge in [0.15, 0.2) is 37.7 Å². The molecule has 0 N–H and O–H groups in total.